The van der Waals surface area contributed by atoms with Gasteiger partial charge in [0.05, 0.1) is 11.9 Å². The molecule has 0 saturated heterocycles. The third-order valence-corrected chi connectivity index (χ3v) is 5.61. The van der Waals surface area contributed by atoms with Crippen LogP contribution in [-0.2, 0) is 26.6 Å². The lowest BCUT2D eigenvalue weighted by molar-refractivity contribution is 0.274. The fraction of sp³-hybridized carbons (Fsp3) is 0.304. The highest BCUT2D eigenvalue weighted by Gasteiger charge is 2.21. The topological polar surface area (TPSA) is 111 Å². The highest BCUT2D eigenvalue weighted by Crippen LogP contribution is 2.31. The van der Waals surface area contributed by atoms with Crippen molar-refractivity contribution < 1.29 is 4.74 Å². The molecule has 0 fully saturated rings. The lowest BCUT2D eigenvalue weighted by atomic mass is 9.92. The first-order valence-corrected chi connectivity index (χ1v) is 10.3. The smallest absolute Gasteiger partial charge is 0.271 e. The summed E-state index contributed by atoms with van der Waals surface area (Å²) >= 11 is 0. The fourth-order valence-electron chi connectivity index (χ4n) is 3.95. The van der Waals surface area contributed by atoms with Gasteiger partial charge in [-0.05, 0) is 30.7 Å². The monoisotopic (exact) mass is 418 g/mol. The minimum Gasteiger partial charge on any atom is -0.473 e. The third kappa shape index (κ3) is 4.20. The van der Waals surface area contributed by atoms with Crippen LogP contribution in [0, 0.1) is 0 Å². The molecule has 0 spiro atoms. The van der Waals surface area contributed by atoms with Gasteiger partial charge in [0.1, 0.15) is 6.61 Å². The van der Waals surface area contributed by atoms with Crippen LogP contribution in [0.5, 0.6) is 5.88 Å². The number of aliphatic imine (C=N–C) groups is 1. The number of rotatable bonds is 8. The minimum absolute atomic E-state index is 0.0188. The fourth-order valence-corrected chi connectivity index (χ4v) is 3.95. The Kier molecular flexibility index (Phi) is 6.08. The van der Waals surface area contributed by atoms with E-state index in [2.05, 4.69) is 39.1 Å². The molecule has 2 heterocycles. The number of ether oxygens (including phenoxy) is 1. The number of nitrogens with zero attached hydrogens (tertiary/aromatic N) is 4. The average Bonchev–Trinajstić information content (AvgIpc) is 3.17. The van der Waals surface area contributed by atoms with Gasteiger partial charge in [-0.15, -0.1) is 0 Å². The van der Waals surface area contributed by atoms with Crippen LogP contribution in [-0.4, -0.2) is 33.2 Å². The lowest BCUT2D eigenvalue weighted by Crippen LogP contribution is -2.46. The van der Waals surface area contributed by atoms with Crippen molar-refractivity contribution in [2.24, 2.45) is 17.8 Å². The van der Waals surface area contributed by atoms with E-state index >= 15 is 0 Å². The number of nitrogens with one attached hydrogen (secondary N) is 1. The van der Waals surface area contributed by atoms with Crippen molar-refractivity contribution in [2.45, 2.75) is 31.9 Å². The second kappa shape index (κ2) is 9.09. The molecule has 0 saturated carbocycles. The van der Waals surface area contributed by atoms with Crippen LogP contribution in [0.25, 0.3) is 12.2 Å². The molecule has 8 heteroatoms. The van der Waals surface area contributed by atoms with E-state index in [9.17, 15) is 4.79 Å². The molecule has 0 bridgehead atoms. The first-order chi connectivity index (χ1) is 15.1. The number of nitrogens with two attached hydrogens (primary N) is 1. The van der Waals surface area contributed by atoms with Gasteiger partial charge < -0.3 is 15.5 Å². The second-order valence-corrected chi connectivity index (χ2v) is 7.53. The van der Waals surface area contributed by atoms with Gasteiger partial charge in [0.2, 0.25) is 5.88 Å². The molecule has 31 heavy (non-hydrogen) atoms. The molecular formula is C23H26N6O2. The minimum atomic E-state index is -0.199. The van der Waals surface area contributed by atoms with Crippen molar-refractivity contribution in [1.82, 2.24) is 20.0 Å². The highest BCUT2D eigenvalue weighted by atomic mass is 16.5. The highest BCUT2D eigenvalue weighted by molar-refractivity contribution is 5.51. The molecular weight excluding hydrogens is 392 g/mol. The number of aryl methyl sites for hydroxylation is 1. The van der Waals surface area contributed by atoms with Crippen molar-refractivity contribution in [1.29, 1.82) is 0 Å². The van der Waals surface area contributed by atoms with E-state index < -0.39 is 0 Å². The quantitative estimate of drug-likeness (QED) is 0.519. The van der Waals surface area contributed by atoms with Gasteiger partial charge in [0.15, 0.2) is 0 Å². The van der Waals surface area contributed by atoms with Crippen LogP contribution < -0.4 is 26.5 Å². The molecule has 4 rings (SSSR count). The van der Waals surface area contributed by atoms with Gasteiger partial charge in [-0.3, -0.25) is 4.79 Å². The van der Waals surface area contributed by atoms with Crippen molar-refractivity contribution in [3.05, 3.63) is 73.6 Å². The predicted molar refractivity (Wildman–Crippen MR) is 120 cm³/mol. The Morgan fingerprint density at radius 1 is 1.32 bits per heavy atom. The zero-order valence-corrected chi connectivity index (χ0v) is 17.5. The summed E-state index contributed by atoms with van der Waals surface area (Å²) < 4.78 is 7.99. The Balaban J connectivity index is 1.64. The zero-order chi connectivity index (χ0) is 21.8. The lowest BCUT2D eigenvalue weighted by Gasteiger charge is -2.17. The Labute approximate surface area is 179 Å². The van der Waals surface area contributed by atoms with Crippen LogP contribution in [0.15, 0.2) is 40.2 Å². The summed E-state index contributed by atoms with van der Waals surface area (Å²) in [5.41, 5.74) is 9.59. The molecule has 0 aliphatic heterocycles. The standard InChI is InChI=1S/C23H26N6O2/c1-25-10-9-15-5-3-4-6-17(15)14-31-23-20(13-26-29(23)2)16-7-8-18-19(11-16)21(12-24)27-28-22(18)30/h3-6,8,11,13,16H,1,7,9-10,12,14,24H2,2H3,(H,28,30). The molecule has 1 aliphatic carbocycles. The number of benzene rings is 1. The SMILES string of the molecule is C=NCCc1ccccc1COc1c(C2C=c3c(CN)n[nH]c(=O)c3=CC2)cnn1C. The van der Waals surface area contributed by atoms with E-state index in [1.54, 1.807) is 4.68 Å². The van der Waals surface area contributed by atoms with Crippen LogP contribution in [0.2, 0.25) is 0 Å². The molecule has 0 amide bonds. The van der Waals surface area contributed by atoms with Crippen LogP contribution >= 0.6 is 0 Å². The van der Waals surface area contributed by atoms with E-state index in [0.29, 0.717) is 36.4 Å². The van der Waals surface area contributed by atoms with Gasteiger partial charge in [0.25, 0.3) is 5.56 Å². The van der Waals surface area contributed by atoms with E-state index in [0.717, 1.165) is 22.8 Å². The second-order valence-electron chi connectivity index (χ2n) is 7.53. The Morgan fingerprint density at radius 3 is 2.90 bits per heavy atom. The van der Waals surface area contributed by atoms with Crippen LogP contribution in [0.3, 0.4) is 0 Å². The summed E-state index contributed by atoms with van der Waals surface area (Å²) in [4.78, 5) is 16.1. The van der Waals surface area contributed by atoms with Gasteiger partial charge >= 0.3 is 0 Å². The number of H-pyrrole nitrogens is 1. The van der Waals surface area contributed by atoms with Crippen molar-refractivity contribution >= 4 is 18.9 Å². The Hall–Kier alpha value is -3.52. The van der Waals surface area contributed by atoms with Crippen LogP contribution in [0.1, 0.15) is 34.7 Å². The number of aromatic amines is 1. The summed E-state index contributed by atoms with van der Waals surface area (Å²) in [6, 6.07) is 8.18. The largest absolute Gasteiger partial charge is 0.473 e. The number of hydrogen-bond acceptors (Lipinski definition) is 6. The third-order valence-electron chi connectivity index (χ3n) is 5.61. The van der Waals surface area contributed by atoms with Crippen LogP contribution in [0.4, 0.5) is 0 Å². The van der Waals surface area contributed by atoms with Gasteiger partial charge in [-0.2, -0.15) is 10.2 Å². The van der Waals surface area contributed by atoms with Gasteiger partial charge in [-0.25, -0.2) is 9.78 Å². The Bertz CT molecular complexity index is 1270. The molecule has 3 N–H and O–H groups in total. The molecule has 2 aromatic heterocycles. The summed E-state index contributed by atoms with van der Waals surface area (Å²) in [5, 5.41) is 12.5. The molecule has 1 atom stereocenters. The summed E-state index contributed by atoms with van der Waals surface area (Å²) in [5.74, 6) is 0.729. The van der Waals surface area contributed by atoms with Gasteiger partial charge in [0, 0.05) is 42.1 Å². The van der Waals surface area contributed by atoms with Crippen molar-refractivity contribution in [3.63, 3.8) is 0 Å². The molecule has 8 nitrogen and oxygen atoms in total. The van der Waals surface area contributed by atoms with E-state index in [-0.39, 0.29) is 18.0 Å². The van der Waals surface area contributed by atoms with E-state index in [4.69, 9.17) is 10.5 Å². The number of fused-ring (bicyclic) bond motifs is 1. The first kappa shape index (κ1) is 20.7. The summed E-state index contributed by atoms with van der Waals surface area (Å²) in [6.45, 7) is 4.93. The normalized spacial score (nSPS) is 15.0. The van der Waals surface area contributed by atoms with Gasteiger partial charge in [-0.1, -0.05) is 36.4 Å². The molecule has 1 aliphatic rings. The molecule has 160 valence electrons. The van der Waals surface area contributed by atoms with Crippen molar-refractivity contribution in [2.75, 3.05) is 6.54 Å². The maximum absolute atomic E-state index is 12.2. The molecule has 0 radical (unpaired) electrons. The number of hydrogen-bond donors (Lipinski definition) is 2. The summed E-state index contributed by atoms with van der Waals surface area (Å²) in [7, 11) is 1.87. The molecule has 3 aromatic rings. The average molecular weight is 419 g/mol. The number of aromatic nitrogens is 4. The maximum atomic E-state index is 12.2. The first-order valence-electron chi connectivity index (χ1n) is 10.3. The molecule has 1 aromatic carbocycles. The Morgan fingerprint density at radius 2 is 2.13 bits per heavy atom. The van der Waals surface area contributed by atoms with E-state index in [1.807, 2.05) is 37.5 Å². The summed E-state index contributed by atoms with van der Waals surface area (Å²) in [6.07, 6.45) is 7.31. The predicted octanol–water partition coefficient (Wildman–Crippen LogP) is 0.533. The van der Waals surface area contributed by atoms with E-state index in [1.165, 1.54) is 5.56 Å². The zero-order valence-electron chi connectivity index (χ0n) is 17.5. The van der Waals surface area contributed by atoms with Crippen molar-refractivity contribution in [3.8, 4) is 5.88 Å². The molecule has 1 unspecified atom stereocenters. The maximum Gasteiger partial charge on any atom is 0.271 e.